The van der Waals surface area contributed by atoms with Gasteiger partial charge in [0.05, 0.1) is 6.61 Å². The molecule has 0 heterocycles. The third-order valence-electron chi connectivity index (χ3n) is 2.46. The Labute approximate surface area is 136 Å². The van der Waals surface area contributed by atoms with Crippen LogP contribution < -0.4 is 11.1 Å². The number of methoxy groups -OCH3 is 1. The van der Waals surface area contributed by atoms with Crippen LogP contribution in [0.25, 0.3) is 0 Å². The van der Waals surface area contributed by atoms with Crippen molar-refractivity contribution < 1.29 is 9.53 Å². The van der Waals surface area contributed by atoms with E-state index in [0.717, 1.165) is 11.3 Å². The molecule has 0 aliphatic carbocycles. The lowest BCUT2D eigenvalue weighted by atomic mass is 10.2. The van der Waals surface area contributed by atoms with Crippen molar-refractivity contribution in [3.63, 3.8) is 0 Å². The Morgan fingerprint density at radius 1 is 1.40 bits per heavy atom. The van der Waals surface area contributed by atoms with Crippen LogP contribution in [0.5, 0.6) is 0 Å². The average Bonchev–Trinajstić information content (AvgIpc) is 2.38. The highest BCUT2D eigenvalue weighted by molar-refractivity contribution is 14.0. The Morgan fingerprint density at radius 2 is 2.05 bits per heavy atom. The SMILES string of the molecule is COCc1ccccc1NC(N)=NCC(=O)N(C)C.I. The lowest BCUT2D eigenvalue weighted by Gasteiger charge is -2.11. The molecule has 1 aromatic rings. The number of nitrogens with two attached hydrogens (primary N) is 1. The molecular weight excluding hydrogens is 371 g/mol. The van der Waals surface area contributed by atoms with E-state index < -0.39 is 0 Å². The van der Waals surface area contributed by atoms with E-state index in [0.29, 0.717) is 6.61 Å². The molecule has 0 saturated heterocycles. The minimum atomic E-state index is -0.102. The van der Waals surface area contributed by atoms with Gasteiger partial charge in [0, 0.05) is 32.5 Å². The highest BCUT2D eigenvalue weighted by Crippen LogP contribution is 2.15. The Hall–Kier alpha value is -1.35. The van der Waals surface area contributed by atoms with E-state index in [1.807, 2.05) is 24.3 Å². The summed E-state index contributed by atoms with van der Waals surface area (Å²) in [7, 11) is 4.98. The van der Waals surface area contributed by atoms with Crippen molar-refractivity contribution in [3.05, 3.63) is 29.8 Å². The molecule has 1 rings (SSSR count). The maximum absolute atomic E-state index is 11.4. The molecule has 1 aromatic carbocycles. The fourth-order valence-electron chi connectivity index (χ4n) is 1.40. The van der Waals surface area contributed by atoms with E-state index in [9.17, 15) is 4.79 Å². The van der Waals surface area contributed by atoms with Gasteiger partial charge in [-0.2, -0.15) is 0 Å². The molecule has 3 N–H and O–H groups in total. The number of likely N-dealkylation sites (N-methyl/N-ethyl adjacent to an activating group) is 1. The van der Waals surface area contributed by atoms with Crippen LogP contribution in [0.2, 0.25) is 0 Å². The van der Waals surface area contributed by atoms with Crippen LogP contribution in [-0.2, 0) is 16.1 Å². The Morgan fingerprint density at radius 3 is 2.65 bits per heavy atom. The number of benzene rings is 1. The van der Waals surface area contributed by atoms with E-state index in [1.165, 1.54) is 4.90 Å². The minimum absolute atomic E-state index is 0. The molecule has 0 radical (unpaired) electrons. The first kappa shape index (κ1) is 18.7. The smallest absolute Gasteiger partial charge is 0.243 e. The third kappa shape index (κ3) is 6.20. The van der Waals surface area contributed by atoms with Gasteiger partial charge in [0.25, 0.3) is 0 Å². The fourth-order valence-corrected chi connectivity index (χ4v) is 1.40. The van der Waals surface area contributed by atoms with Gasteiger partial charge in [-0.1, -0.05) is 18.2 Å². The first-order valence-electron chi connectivity index (χ1n) is 5.88. The number of nitrogens with one attached hydrogen (secondary N) is 1. The van der Waals surface area contributed by atoms with Crippen molar-refractivity contribution in [1.29, 1.82) is 0 Å². The Kier molecular flexibility index (Phi) is 8.89. The highest BCUT2D eigenvalue weighted by Gasteiger charge is 2.04. The lowest BCUT2D eigenvalue weighted by molar-refractivity contribution is -0.127. The zero-order valence-electron chi connectivity index (χ0n) is 11.9. The molecule has 112 valence electrons. The van der Waals surface area contributed by atoms with Crippen LogP contribution in [0.15, 0.2) is 29.3 Å². The molecule has 0 aromatic heterocycles. The number of halogens is 1. The molecule has 7 heteroatoms. The number of anilines is 1. The summed E-state index contributed by atoms with van der Waals surface area (Å²) in [5.41, 5.74) is 7.54. The maximum atomic E-state index is 11.4. The summed E-state index contributed by atoms with van der Waals surface area (Å²) < 4.78 is 5.10. The average molecular weight is 392 g/mol. The molecule has 0 fully saturated rings. The predicted molar refractivity (Wildman–Crippen MR) is 91.4 cm³/mol. The van der Waals surface area contributed by atoms with Gasteiger partial charge in [-0.3, -0.25) is 4.79 Å². The number of amides is 1. The van der Waals surface area contributed by atoms with Gasteiger partial charge in [-0.05, 0) is 6.07 Å². The third-order valence-corrected chi connectivity index (χ3v) is 2.46. The topological polar surface area (TPSA) is 80.0 Å². The second-order valence-corrected chi connectivity index (χ2v) is 4.20. The highest BCUT2D eigenvalue weighted by atomic mass is 127. The number of hydrogen-bond acceptors (Lipinski definition) is 3. The molecule has 6 nitrogen and oxygen atoms in total. The van der Waals surface area contributed by atoms with Crippen molar-refractivity contribution in [2.45, 2.75) is 6.61 Å². The standard InChI is InChI=1S/C13H20N4O2.HI/c1-17(2)12(18)8-15-13(14)16-11-7-5-4-6-10(11)9-19-3;/h4-7H,8-9H2,1-3H3,(H3,14,15,16);1H. The summed E-state index contributed by atoms with van der Waals surface area (Å²) >= 11 is 0. The normalized spacial score (nSPS) is 10.7. The quantitative estimate of drug-likeness (QED) is 0.449. The van der Waals surface area contributed by atoms with Gasteiger partial charge >= 0.3 is 0 Å². The largest absolute Gasteiger partial charge is 0.380 e. The molecule has 0 aliphatic heterocycles. The summed E-state index contributed by atoms with van der Waals surface area (Å²) in [6.07, 6.45) is 0. The van der Waals surface area contributed by atoms with Crippen LogP contribution in [0.4, 0.5) is 5.69 Å². The van der Waals surface area contributed by atoms with Crippen molar-refractivity contribution >= 4 is 41.5 Å². The number of carbonyl (C=O) groups is 1. The lowest BCUT2D eigenvalue weighted by Crippen LogP contribution is -2.28. The summed E-state index contributed by atoms with van der Waals surface area (Å²) in [6.45, 7) is 0.505. The van der Waals surface area contributed by atoms with Crippen LogP contribution in [0.3, 0.4) is 0 Å². The number of nitrogens with zero attached hydrogens (tertiary/aromatic N) is 2. The van der Waals surface area contributed by atoms with Crippen molar-refractivity contribution in [3.8, 4) is 0 Å². The summed E-state index contributed by atoms with van der Waals surface area (Å²) in [4.78, 5) is 16.8. The van der Waals surface area contributed by atoms with E-state index in [1.54, 1.807) is 21.2 Å². The second-order valence-electron chi connectivity index (χ2n) is 4.20. The number of para-hydroxylation sites is 1. The molecular formula is C13H21IN4O2. The molecule has 0 spiro atoms. The maximum Gasteiger partial charge on any atom is 0.243 e. The predicted octanol–water partition coefficient (Wildman–Crippen LogP) is 1.27. The molecule has 20 heavy (non-hydrogen) atoms. The first-order valence-corrected chi connectivity index (χ1v) is 5.88. The number of hydrogen-bond donors (Lipinski definition) is 2. The van der Waals surface area contributed by atoms with Crippen LogP contribution >= 0.6 is 24.0 Å². The second kappa shape index (κ2) is 9.54. The molecule has 0 atom stereocenters. The van der Waals surface area contributed by atoms with E-state index in [4.69, 9.17) is 10.5 Å². The number of aliphatic imine (C=N–C) groups is 1. The zero-order valence-corrected chi connectivity index (χ0v) is 14.3. The number of carbonyl (C=O) groups excluding carboxylic acids is 1. The fraction of sp³-hybridized carbons (Fsp3) is 0.385. The Bertz CT molecular complexity index is 463. The number of guanidine groups is 1. The van der Waals surface area contributed by atoms with Crippen molar-refractivity contribution in [2.75, 3.05) is 33.1 Å². The van der Waals surface area contributed by atoms with Crippen molar-refractivity contribution in [1.82, 2.24) is 4.90 Å². The van der Waals surface area contributed by atoms with Gasteiger partial charge in [0.15, 0.2) is 5.96 Å². The van der Waals surface area contributed by atoms with Crippen LogP contribution in [-0.4, -0.2) is 44.5 Å². The van der Waals surface area contributed by atoms with E-state index in [-0.39, 0.29) is 42.4 Å². The Balaban J connectivity index is 0.00000361. The van der Waals surface area contributed by atoms with Gasteiger partial charge in [0.1, 0.15) is 6.54 Å². The summed E-state index contributed by atoms with van der Waals surface area (Å²) in [5.74, 6) is 0.105. The first-order chi connectivity index (χ1) is 9.04. The number of ether oxygens (including phenoxy) is 1. The van der Waals surface area contributed by atoms with Gasteiger partial charge in [-0.25, -0.2) is 4.99 Å². The summed E-state index contributed by atoms with van der Waals surface area (Å²) in [6, 6.07) is 7.62. The molecule has 0 saturated carbocycles. The molecule has 1 amide bonds. The van der Waals surface area contributed by atoms with E-state index >= 15 is 0 Å². The van der Waals surface area contributed by atoms with Crippen LogP contribution in [0, 0.1) is 0 Å². The van der Waals surface area contributed by atoms with E-state index in [2.05, 4.69) is 10.3 Å². The van der Waals surface area contributed by atoms with Gasteiger partial charge in [-0.15, -0.1) is 24.0 Å². The van der Waals surface area contributed by atoms with Gasteiger partial charge < -0.3 is 20.7 Å². The van der Waals surface area contributed by atoms with Crippen LogP contribution in [0.1, 0.15) is 5.56 Å². The molecule has 0 unspecified atom stereocenters. The van der Waals surface area contributed by atoms with Crippen molar-refractivity contribution in [2.24, 2.45) is 10.7 Å². The summed E-state index contributed by atoms with van der Waals surface area (Å²) in [5, 5.41) is 2.97. The molecule has 0 aliphatic rings. The van der Waals surface area contributed by atoms with Gasteiger partial charge in [0.2, 0.25) is 5.91 Å². The monoisotopic (exact) mass is 392 g/mol. The molecule has 0 bridgehead atoms. The minimum Gasteiger partial charge on any atom is -0.380 e. The zero-order chi connectivity index (χ0) is 14.3. The number of rotatable bonds is 5.